The maximum atomic E-state index is 2.35. The van der Waals surface area contributed by atoms with Gasteiger partial charge in [0.1, 0.15) is 7.05 Å². The highest BCUT2D eigenvalue weighted by atomic mass is 14.9. The quantitative estimate of drug-likeness (QED) is 0.555. The van der Waals surface area contributed by atoms with E-state index in [-0.39, 0.29) is 0 Å². The lowest BCUT2D eigenvalue weighted by molar-refractivity contribution is -0.660. The van der Waals surface area contributed by atoms with Gasteiger partial charge in [0.15, 0.2) is 6.20 Å². The summed E-state index contributed by atoms with van der Waals surface area (Å²) in [7, 11) is 2.13. The van der Waals surface area contributed by atoms with Crippen molar-refractivity contribution in [1.29, 1.82) is 0 Å². The minimum absolute atomic E-state index is 0.532. The van der Waals surface area contributed by atoms with Crippen LogP contribution in [0.4, 0.5) is 0 Å². The molecule has 1 heterocycles. The molecule has 0 aliphatic rings. The highest BCUT2D eigenvalue weighted by Crippen LogP contribution is 2.31. The molecule has 0 N–H and O–H groups in total. The summed E-state index contributed by atoms with van der Waals surface area (Å²) in [5, 5.41) is 0. The van der Waals surface area contributed by atoms with E-state index in [9.17, 15) is 0 Å². The third-order valence-electron chi connectivity index (χ3n) is 4.77. The molecule has 0 radical (unpaired) electrons. The fourth-order valence-corrected chi connectivity index (χ4v) is 3.27. The standard InChI is InChI=1S/C23H26N/c1-16(2)20-11-12-24(5)23(14-20)22-15-21(17(3)13-18(22)4)19-9-7-6-8-10-19/h6-16H,1-5H3/q+1. The summed E-state index contributed by atoms with van der Waals surface area (Å²) in [5.41, 5.74) is 9.20. The van der Waals surface area contributed by atoms with Crippen molar-refractivity contribution in [3.63, 3.8) is 0 Å². The van der Waals surface area contributed by atoms with Gasteiger partial charge in [-0.3, -0.25) is 0 Å². The van der Waals surface area contributed by atoms with Gasteiger partial charge < -0.3 is 0 Å². The molecular weight excluding hydrogens is 290 g/mol. The molecule has 0 atom stereocenters. The lowest BCUT2D eigenvalue weighted by Crippen LogP contribution is -2.31. The van der Waals surface area contributed by atoms with Crippen molar-refractivity contribution in [3.8, 4) is 22.4 Å². The molecule has 2 aromatic carbocycles. The van der Waals surface area contributed by atoms with E-state index >= 15 is 0 Å². The molecule has 122 valence electrons. The van der Waals surface area contributed by atoms with Crippen molar-refractivity contribution in [1.82, 2.24) is 0 Å². The summed E-state index contributed by atoms with van der Waals surface area (Å²) < 4.78 is 2.22. The van der Waals surface area contributed by atoms with E-state index in [0.717, 1.165) is 0 Å². The van der Waals surface area contributed by atoms with Crippen molar-refractivity contribution in [3.05, 3.63) is 77.5 Å². The Morgan fingerprint density at radius 2 is 1.46 bits per heavy atom. The summed E-state index contributed by atoms with van der Waals surface area (Å²) in [4.78, 5) is 0. The van der Waals surface area contributed by atoms with Crippen molar-refractivity contribution in [2.45, 2.75) is 33.6 Å². The zero-order chi connectivity index (χ0) is 17.3. The Labute approximate surface area is 145 Å². The Hall–Kier alpha value is -2.41. The Bertz CT molecular complexity index is 861. The van der Waals surface area contributed by atoms with Crippen LogP contribution in [0.15, 0.2) is 60.8 Å². The minimum atomic E-state index is 0.532. The Kier molecular flexibility index (Phi) is 4.53. The molecule has 0 aliphatic heterocycles. The number of hydrogen-bond donors (Lipinski definition) is 0. The van der Waals surface area contributed by atoms with Crippen LogP contribution in [-0.2, 0) is 7.05 Å². The minimum Gasteiger partial charge on any atom is -0.201 e. The first-order chi connectivity index (χ1) is 11.5. The molecule has 0 aliphatic carbocycles. The van der Waals surface area contributed by atoms with E-state index in [4.69, 9.17) is 0 Å². The van der Waals surface area contributed by atoms with Crippen molar-refractivity contribution >= 4 is 0 Å². The molecule has 0 amide bonds. The fourth-order valence-electron chi connectivity index (χ4n) is 3.27. The van der Waals surface area contributed by atoms with Crippen LogP contribution in [0.3, 0.4) is 0 Å². The summed E-state index contributed by atoms with van der Waals surface area (Å²) >= 11 is 0. The van der Waals surface area contributed by atoms with Gasteiger partial charge in [0, 0.05) is 17.7 Å². The van der Waals surface area contributed by atoms with Gasteiger partial charge in [-0.1, -0.05) is 50.2 Å². The van der Waals surface area contributed by atoms with Crippen LogP contribution in [0.2, 0.25) is 0 Å². The SMILES string of the molecule is Cc1cc(C)c(-c2cc(C(C)C)cc[n+]2C)cc1-c1ccccc1. The van der Waals surface area contributed by atoms with Crippen LogP contribution in [0.5, 0.6) is 0 Å². The van der Waals surface area contributed by atoms with E-state index < -0.39 is 0 Å². The van der Waals surface area contributed by atoms with Gasteiger partial charge in [-0.05, 0) is 53.6 Å². The Morgan fingerprint density at radius 1 is 0.792 bits per heavy atom. The van der Waals surface area contributed by atoms with E-state index in [1.807, 2.05) is 0 Å². The third-order valence-corrected chi connectivity index (χ3v) is 4.77. The average Bonchev–Trinajstić information content (AvgIpc) is 2.56. The van der Waals surface area contributed by atoms with E-state index in [2.05, 4.69) is 100 Å². The Morgan fingerprint density at radius 3 is 2.12 bits per heavy atom. The average molecular weight is 316 g/mol. The molecule has 1 aromatic heterocycles. The van der Waals surface area contributed by atoms with Gasteiger partial charge in [0.25, 0.3) is 0 Å². The normalized spacial score (nSPS) is 11.1. The van der Waals surface area contributed by atoms with Crippen LogP contribution in [0, 0.1) is 13.8 Å². The maximum absolute atomic E-state index is 2.35. The van der Waals surface area contributed by atoms with Crippen LogP contribution in [0.1, 0.15) is 36.5 Å². The van der Waals surface area contributed by atoms with Gasteiger partial charge in [-0.2, -0.15) is 0 Å². The first-order valence-electron chi connectivity index (χ1n) is 8.64. The monoisotopic (exact) mass is 316 g/mol. The second-order valence-electron chi connectivity index (χ2n) is 6.96. The number of aromatic nitrogens is 1. The molecule has 1 heteroatoms. The number of pyridine rings is 1. The van der Waals surface area contributed by atoms with Crippen LogP contribution in [0.25, 0.3) is 22.4 Å². The fraction of sp³-hybridized carbons (Fsp3) is 0.261. The topological polar surface area (TPSA) is 3.88 Å². The van der Waals surface area contributed by atoms with Gasteiger partial charge >= 0.3 is 0 Å². The second-order valence-corrected chi connectivity index (χ2v) is 6.96. The van der Waals surface area contributed by atoms with E-state index in [1.54, 1.807) is 0 Å². The molecule has 1 nitrogen and oxygen atoms in total. The zero-order valence-electron chi connectivity index (χ0n) is 15.3. The van der Waals surface area contributed by atoms with Crippen LogP contribution >= 0.6 is 0 Å². The van der Waals surface area contributed by atoms with Crippen LogP contribution in [-0.4, -0.2) is 0 Å². The van der Waals surface area contributed by atoms with Gasteiger partial charge in [0.2, 0.25) is 5.69 Å². The predicted molar refractivity (Wildman–Crippen MR) is 102 cm³/mol. The molecule has 3 rings (SSSR count). The van der Waals surface area contributed by atoms with Crippen molar-refractivity contribution in [2.24, 2.45) is 7.05 Å². The maximum Gasteiger partial charge on any atom is 0.212 e. The third kappa shape index (κ3) is 3.12. The van der Waals surface area contributed by atoms with Crippen LogP contribution < -0.4 is 4.57 Å². The summed E-state index contributed by atoms with van der Waals surface area (Å²) in [5.74, 6) is 0.532. The first kappa shape index (κ1) is 16.4. The lowest BCUT2D eigenvalue weighted by atomic mass is 9.92. The molecule has 0 fully saturated rings. The number of rotatable bonds is 3. The lowest BCUT2D eigenvalue weighted by Gasteiger charge is -2.13. The molecule has 0 spiro atoms. The number of aryl methyl sites for hydroxylation is 3. The van der Waals surface area contributed by atoms with Gasteiger partial charge in [0.05, 0.1) is 0 Å². The number of nitrogens with zero attached hydrogens (tertiary/aromatic N) is 1. The van der Waals surface area contributed by atoms with Crippen molar-refractivity contribution in [2.75, 3.05) is 0 Å². The summed E-state index contributed by atoms with van der Waals surface area (Å²) in [6, 6.07) is 19.9. The smallest absolute Gasteiger partial charge is 0.201 e. The largest absolute Gasteiger partial charge is 0.212 e. The number of hydrogen-bond acceptors (Lipinski definition) is 0. The molecule has 0 bridgehead atoms. The molecule has 0 saturated carbocycles. The van der Waals surface area contributed by atoms with Crippen molar-refractivity contribution < 1.29 is 4.57 Å². The first-order valence-corrected chi connectivity index (χ1v) is 8.64. The zero-order valence-corrected chi connectivity index (χ0v) is 15.3. The van der Waals surface area contributed by atoms with Gasteiger partial charge in [-0.25, -0.2) is 4.57 Å². The molecular formula is C23H26N+. The molecule has 3 aromatic rings. The predicted octanol–water partition coefficient (Wildman–Crippen LogP) is 5.59. The number of benzene rings is 2. The molecule has 0 unspecified atom stereocenters. The highest BCUT2D eigenvalue weighted by molar-refractivity contribution is 5.75. The second kappa shape index (κ2) is 6.60. The van der Waals surface area contributed by atoms with E-state index in [0.29, 0.717) is 5.92 Å². The molecule has 0 saturated heterocycles. The summed E-state index contributed by atoms with van der Waals surface area (Å²) in [6.45, 7) is 8.90. The molecule has 24 heavy (non-hydrogen) atoms. The van der Waals surface area contributed by atoms with Gasteiger partial charge in [-0.15, -0.1) is 0 Å². The summed E-state index contributed by atoms with van der Waals surface area (Å²) in [6.07, 6.45) is 2.17. The highest BCUT2D eigenvalue weighted by Gasteiger charge is 2.17. The van der Waals surface area contributed by atoms with E-state index in [1.165, 1.54) is 39.1 Å². The Balaban J connectivity index is 2.21.